The van der Waals surface area contributed by atoms with E-state index in [0.717, 1.165) is 23.1 Å². The van der Waals surface area contributed by atoms with Gasteiger partial charge in [0.1, 0.15) is 18.8 Å². The number of rotatable bonds is 3. The fourth-order valence-corrected chi connectivity index (χ4v) is 3.61. The second-order valence-corrected chi connectivity index (χ2v) is 7.20. The van der Waals surface area contributed by atoms with Crippen molar-refractivity contribution in [2.24, 2.45) is 0 Å². The molecule has 2 amide bonds. The summed E-state index contributed by atoms with van der Waals surface area (Å²) in [5.74, 6) is -1.39. The average molecular weight is 419 g/mol. The molecule has 1 saturated carbocycles. The molecule has 0 radical (unpaired) electrons. The van der Waals surface area contributed by atoms with Crippen molar-refractivity contribution < 1.29 is 27.2 Å². The molecule has 1 aromatic heterocycles. The van der Waals surface area contributed by atoms with Gasteiger partial charge in [0.2, 0.25) is 11.9 Å². The largest absolute Gasteiger partial charge is 0.416 e. The van der Waals surface area contributed by atoms with Crippen molar-refractivity contribution in [3.63, 3.8) is 0 Å². The fourth-order valence-electron chi connectivity index (χ4n) is 3.61. The summed E-state index contributed by atoms with van der Waals surface area (Å²) in [5.41, 5.74) is -2.01. The van der Waals surface area contributed by atoms with Gasteiger partial charge in [-0.05, 0) is 30.2 Å². The van der Waals surface area contributed by atoms with E-state index in [0.29, 0.717) is 0 Å². The van der Waals surface area contributed by atoms with Gasteiger partial charge in [-0.3, -0.25) is 14.9 Å². The Morgan fingerprint density at radius 1 is 1.33 bits per heavy atom. The molecule has 2 heterocycles. The van der Waals surface area contributed by atoms with Crippen molar-refractivity contribution in [1.29, 1.82) is 5.26 Å². The minimum Gasteiger partial charge on any atom is -0.328 e. The molecule has 11 heteroatoms. The molecule has 0 saturated heterocycles. The van der Waals surface area contributed by atoms with Crippen LogP contribution in [0.25, 0.3) is 0 Å². The van der Waals surface area contributed by atoms with E-state index < -0.39 is 41.7 Å². The standard InChI is InChI=1S/C19H13F4N5O2/c20-14-4-18(14)9-28(8-15(29)27-17-25-6-10(5-24)7-26-17)16(30)12-2-1-11(3-13(12)18)19(21,22)23/h1-3,6-7,14H,4,8-9H2,(H,25,26,27,29). The molecule has 2 aliphatic rings. The first-order chi connectivity index (χ1) is 14.1. The van der Waals surface area contributed by atoms with E-state index in [1.807, 2.05) is 6.07 Å². The van der Waals surface area contributed by atoms with E-state index in [1.165, 1.54) is 12.4 Å². The van der Waals surface area contributed by atoms with E-state index in [9.17, 15) is 27.2 Å². The van der Waals surface area contributed by atoms with E-state index >= 15 is 0 Å². The summed E-state index contributed by atoms with van der Waals surface area (Å²) in [6, 6.07) is 4.45. The number of amides is 2. The van der Waals surface area contributed by atoms with Crippen LogP contribution in [-0.4, -0.2) is 45.9 Å². The maximum atomic E-state index is 14.2. The summed E-state index contributed by atoms with van der Waals surface area (Å²) in [5, 5.41) is 11.1. The number of hydrogen-bond donors (Lipinski definition) is 1. The summed E-state index contributed by atoms with van der Waals surface area (Å²) in [6.45, 7) is -0.653. The lowest BCUT2D eigenvalue weighted by Gasteiger charge is -2.34. The molecule has 1 spiro atoms. The van der Waals surface area contributed by atoms with Crippen LogP contribution >= 0.6 is 0 Å². The van der Waals surface area contributed by atoms with Gasteiger partial charge in [0, 0.05) is 17.5 Å². The number of aromatic nitrogens is 2. The van der Waals surface area contributed by atoms with Gasteiger partial charge < -0.3 is 4.90 Å². The Kier molecular flexibility index (Phi) is 4.45. The van der Waals surface area contributed by atoms with Crippen LogP contribution in [0.3, 0.4) is 0 Å². The first-order valence-electron chi connectivity index (χ1n) is 8.81. The number of nitrogens with zero attached hydrogens (tertiary/aromatic N) is 4. The van der Waals surface area contributed by atoms with Crippen molar-refractivity contribution in [3.05, 3.63) is 52.8 Å². The summed E-state index contributed by atoms with van der Waals surface area (Å²) >= 11 is 0. The molecule has 7 nitrogen and oxygen atoms in total. The number of nitriles is 1. The molecule has 154 valence electrons. The van der Waals surface area contributed by atoms with Crippen molar-refractivity contribution in [1.82, 2.24) is 14.9 Å². The smallest absolute Gasteiger partial charge is 0.328 e. The lowest BCUT2D eigenvalue weighted by Crippen LogP contribution is -2.47. The van der Waals surface area contributed by atoms with Gasteiger partial charge in [-0.25, -0.2) is 14.4 Å². The number of halogens is 4. The third-order valence-electron chi connectivity index (χ3n) is 5.22. The SMILES string of the molecule is N#Cc1cnc(NC(=O)CN2CC3(CC3F)c3cc(C(F)(F)F)ccc3C2=O)nc1. The molecular formula is C19H13F4N5O2. The van der Waals surface area contributed by atoms with Crippen LogP contribution in [-0.2, 0) is 16.4 Å². The molecule has 1 aliphatic carbocycles. The second-order valence-electron chi connectivity index (χ2n) is 7.20. The monoisotopic (exact) mass is 419 g/mol. The topological polar surface area (TPSA) is 99.0 Å². The van der Waals surface area contributed by atoms with Crippen LogP contribution in [0.5, 0.6) is 0 Å². The summed E-state index contributed by atoms with van der Waals surface area (Å²) < 4.78 is 53.4. The maximum Gasteiger partial charge on any atom is 0.416 e. The van der Waals surface area contributed by atoms with E-state index in [1.54, 1.807) is 0 Å². The second kappa shape index (κ2) is 6.76. The predicted octanol–water partition coefficient (Wildman–Crippen LogP) is 2.44. The average Bonchev–Trinajstić information content (AvgIpc) is 3.35. The Bertz CT molecular complexity index is 1080. The molecule has 2 aromatic rings. The number of alkyl halides is 4. The van der Waals surface area contributed by atoms with Crippen LogP contribution in [0.2, 0.25) is 0 Å². The molecule has 30 heavy (non-hydrogen) atoms. The van der Waals surface area contributed by atoms with Crippen molar-refractivity contribution in [2.75, 3.05) is 18.4 Å². The highest BCUT2D eigenvalue weighted by atomic mass is 19.4. The Hall–Kier alpha value is -3.55. The highest BCUT2D eigenvalue weighted by Crippen LogP contribution is 2.55. The number of carbonyl (C=O) groups is 2. The summed E-state index contributed by atoms with van der Waals surface area (Å²) in [6.07, 6.45) is -3.63. The fraction of sp³-hybridized carbons (Fsp3) is 0.316. The minimum atomic E-state index is -4.61. The lowest BCUT2D eigenvalue weighted by atomic mass is 9.85. The molecular weight excluding hydrogens is 406 g/mol. The zero-order valence-electron chi connectivity index (χ0n) is 15.2. The number of fused-ring (bicyclic) bond motifs is 2. The van der Waals surface area contributed by atoms with Crippen LogP contribution in [0.1, 0.15) is 33.5 Å². The normalized spacial score (nSPS) is 22.4. The molecule has 2 atom stereocenters. The molecule has 1 aromatic carbocycles. The molecule has 4 rings (SSSR count). The van der Waals surface area contributed by atoms with E-state index in [-0.39, 0.29) is 35.6 Å². The molecule has 1 fully saturated rings. The van der Waals surface area contributed by atoms with E-state index in [4.69, 9.17) is 5.26 Å². The van der Waals surface area contributed by atoms with Gasteiger partial charge in [-0.1, -0.05) is 0 Å². The third-order valence-corrected chi connectivity index (χ3v) is 5.22. The lowest BCUT2D eigenvalue weighted by molar-refractivity contribution is -0.137. The summed E-state index contributed by atoms with van der Waals surface area (Å²) in [7, 11) is 0. The van der Waals surface area contributed by atoms with Gasteiger partial charge >= 0.3 is 6.18 Å². The first-order valence-corrected chi connectivity index (χ1v) is 8.81. The van der Waals surface area contributed by atoms with Crippen LogP contribution < -0.4 is 5.32 Å². The number of benzene rings is 1. The molecule has 0 bridgehead atoms. The van der Waals surface area contributed by atoms with Crippen molar-refractivity contribution >= 4 is 17.8 Å². The number of nitrogens with one attached hydrogen (secondary N) is 1. The zero-order valence-corrected chi connectivity index (χ0v) is 15.2. The van der Waals surface area contributed by atoms with Gasteiger partial charge in [0.25, 0.3) is 5.91 Å². The predicted molar refractivity (Wildman–Crippen MR) is 93.9 cm³/mol. The zero-order chi connectivity index (χ0) is 21.7. The highest BCUT2D eigenvalue weighted by molar-refractivity contribution is 6.01. The molecule has 1 aliphatic heterocycles. The number of carbonyl (C=O) groups excluding carboxylic acids is 2. The van der Waals surface area contributed by atoms with Crippen molar-refractivity contribution in [3.8, 4) is 6.07 Å². The highest BCUT2D eigenvalue weighted by Gasteiger charge is 2.61. The van der Waals surface area contributed by atoms with Crippen LogP contribution in [0.15, 0.2) is 30.6 Å². The van der Waals surface area contributed by atoms with Crippen molar-refractivity contribution in [2.45, 2.75) is 24.2 Å². The van der Waals surface area contributed by atoms with Gasteiger partial charge in [-0.2, -0.15) is 18.4 Å². The number of hydrogen-bond acceptors (Lipinski definition) is 5. The van der Waals surface area contributed by atoms with Gasteiger partial charge in [0.15, 0.2) is 0 Å². The van der Waals surface area contributed by atoms with Crippen LogP contribution in [0.4, 0.5) is 23.5 Å². The van der Waals surface area contributed by atoms with Crippen LogP contribution in [0, 0.1) is 11.3 Å². The Labute approximate surface area is 167 Å². The quantitative estimate of drug-likeness (QED) is 0.771. The Morgan fingerprint density at radius 2 is 2.00 bits per heavy atom. The molecule has 1 N–H and O–H groups in total. The number of anilines is 1. The minimum absolute atomic E-state index is 0.0224. The van der Waals surface area contributed by atoms with E-state index in [2.05, 4.69) is 15.3 Å². The maximum absolute atomic E-state index is 14.2. The summed E-state index contributed by atoms with van der Waals surface area (Å²) in [4.78, 5) is 33.7. The van der Waals surface area contributed by atoms with Gasteiger partial charge in [0.05, 0.1) is 23.5 Å². The van der Waals surface area contributed by atoms with Gasteiger partial charge in [-0.15, -0.1) is 0 Å². The first kappa shape index (κ1) is 19.8. The Balaban J connectivity index is 1.56. The third kappa shape index (κ3) is 3.34. The molecule has 2 unspecified atom stereocenters. The Morgan fingerprint density at radius 3 is 2.57 bits per heavy atom.